The zero-order chi connectivity index (χ0) is 22.6. The third-order valence-electron chi connectivity index (χ3n) is 4.56. The molecule has 2 aromatic carbocycles. The van der Waals surface area contributed by atoms with E-state index in [9.17, 15) is 26.4 Å². The van der Waals surface area contributed by atoms with Crippen molar-refractivity contribution in [2.75, 3.05) is 24.1 Å². The van der Waals surface area contributed by atoms with E-state index in [0.717, 1.165) is 24.0 Å². The van der Waals surface area contributed by atoms with Gasteiger partial charge < -0.3 is 10.1 Å². The molecule has 0 unspecified atom stereocenters. The van der Waals surface area contributed by atoms with Crippen LogP contribution in [-0.4, -0.2) is 33.7 Å². The number of rotatable bonds is 6. The van der Waals surface area contributed by atoms with E-state index in [0.29, 0.717) is 36.2 Å². The van der Waals surface area contributed by atoms with Crippen molar-refractivity contribution in [3.05, 3.63) is 65.2 Å². The zero-order valence-corrected chi connectivity index (χ0v) is 17.4. The molecule has 6 nitrogen and oxygen atoms in total. The van der Waals surface area contributed by atoms with E-state index in [4.69, 9.17) is 4.74 Å². The van der Waals surface area contributed by atoms with E-state index in [-0.39, 0.29) is 18.3 Å². The average molecular weight is 454 g/mol. The lowest BCUT2D eigenvalue weighted by Gasteiger charge is -2.21. The number of halogens is 3. The molecule has 0 aromatic heterocycles. The van der Waals surface area contributed by atoms with Crippen LogP contribution < -0.4 is 14.8 Å². The number of alkyl halides is 3. The molecule has 0 atom stereocenters. The Kier molecular flexibility index (Phi) is 6.59. The van der Waals surface area contributed by atoms with Gasteiger partial charge in [-0.05, 0) is 41.8 Å². The molecular formula is C21H21F3N2O4S. The predicted octanol–water partition coefficient (Wildman–Crippen LogP) is 3.60. The summed E-state index contributed by atoms with van der Waals surface area (Å²) in [5.74, 6) is -0.235. The Hall–Kier alpha value is -3.01. The summed E-state index contributed by atoms with van der Waals surface area (Å²) in [6.45, 7) is 0.541. The summed E-state index contributed by atoms with van der Waals surface area (Å²) in [4.78, 5) is 12.3. The van der Waals surface area contributed by atoms with Gasteiger partial charge in [-0.1, -0.05) is 18.2 Å². The van der Waals surface area contributed by atoms with Gasteiger partial charge in [0.1, 0.15) is 5.75 Å². The van der Waals surface area contributed by atoms with Crippen LogP contribution in [0, 0.1) is 0 Å². The van der Waals surface area contributed by atoms with Crippen molar-refractivity contribution < 1.29 is 31.1 Å². The van der Waals surface area contributed by atoms with Gasteiger partial charge in [0.15, 0.2) is 0 Å². The average Bonchev–Trinajstić information content (AvgIpc) is 2.67. The molecule has 0 radical (unpaired) electrons. The third-order valence-corrected chi connectivity index (χ3v) is 5.17. The zero-order valence-electron chi connectivity index (χ0n) is 16.6. The second-order valence-electron chi connectivity index (χ2n) is 7.09. The Bertz CT molecular complexity index is 1090. The van der Waals surface area contributed by atoms with Gasteiger partial charge in [-0.3, -0.25) is 9.52 Å². The standard InChI is InChI=1S/C21H21F3N2O4S/c1-31(28,29)26-17-5-2-14(3-6-17)8-10-25-20(27)12-15-9-11-30-19-13-16(21(22,23)24)4-7-18(15)19/h2-7,12-13,26H,8-11H2,1H3,(H,25,27)/b15-12+. The van der Waals surface area contributed by atoms with Crippen molar-refractivity contribution in [1.29, 1.82) is 0 Å². The van der Waals surface area contributed by atoms with Crippen molar-refractivity contribution in [2.24, 2.45) is 0 Å². The number of ether oxygens (including phenoxy) is 1. The normalized spacial score (nSPS) is 15.2. The van der Waals surface area contributed by atoms with E-state index in [1.54, 1.807) is 24.3 Å². The predicted molar refractivity (Wildman–Crippen MR) is 111 cm³/mol. The summed E-state index contributed by atoms with van der Waals surface area (Å²) in [5, 5.41) is 2.75. The van der Waals surface area contributed by atoms with Gasteiger partial charge >= 0.3 is 6.18 Å². The third kappa shape index (κ3) is 6.48. The number of carbonyl (C=O) groups excluding carboxylic acids is 1. The molecule has 0 saturated carbocycles. The molecule has 1 amide bonds. The first-order valence-electron chi connectivity index (χ1n) is 9.41. The molecule has 2 N–H and O–H groups in total. The Morgan fingerprint density at radius 2 is 1.87 bits per heavy atom. The Morgan fingerprint density at radius 1 is 1.16 bits per heavy atom. The van der Waals surface area contributed by atoms with Crippen LogP contribution in [0.5, 0.6) is 5.75 Å². The highest BCUT2D eigenvalue weighted by Crippen LogP contribution is 2.38. The molecule has 10 heteroatoms. The molecule has 3 rings (SSSR count). The number of amides is 1. The van der Waals surface area contributed by atoms with Crippen LogP contribution in [0.3, 0.4) is 0 Å². The summed E-state index contributed by atoms with van der Waals surface area (Å²) in [5.41, 5.74) is 1.65. The van der Waals surface area contributed by atoms with Gasteiger partial charge in [0.2, 0.25) is 15.9 Å². The fourth-order valence-corrected chi connectivity index (χ4v) is 3.70. The van der Waals surface area contributed by atoms with Crippen LogP contribution in [-0.2, 0) is 27.4 Å². The number of fused-ring (bicyclic) bond motifs is 1. The summed E-state index contributed by atoms with van der Waals surface area (Å²) in [6, 6.07) is 10.0. The second-order valence-corrected chi connectivity index (χ2v) is 8.84. The van der Waals surface area contributed by atoms with E-state index < -0.39 is 21.8 Å². The molecule has 1 aliphatic heterocycles. The molecule has 0 saturated heterocycles. The minimum absolute atomic E-state index is 0.114. The lowest BCUT2D eigenvalue weighted by molar-refractivity contribution is -0.137. The number of benzene rings is 2. The van der Waals surface area contributed by atoms with Crippen LogP contribution >= 0.6 is 0 Å². The number of nitrogens with one attached hydrogen (secondary N) is 2. The van der Waals surface area contributed by atoms with Gasteiger partial charge in [-0.25, -0.2) is 8.42 Å². The minimum atomic E-state index is -4.46. The van der Waals surface area contributed by atoms with Gasteiger partial charge in [-0.15, -0.1) is 0 Å². The summed E-state index contributed by atoms with van der Waals surface area (Å²) < 4.78 is 68.8. The van der Waals surface area contributed by atoms with E-state index in [2.05, 4.69) is 10.0 Å². The second kappa shape index (κ2) is 9.01. The van der Waals surface area contributed by atoms with Crippen LogP contribution in [0.25, 0.3) is 5.57 Å². The number of anilines is 1. The first-order valence-corrected chi connectivity index (χ1v) is 11.3. The lowest BCUT2D eigenvalue weighted by atomic mass is 9.97. The fourth-order valence-electron chi connectivity index (χ4n) is 3.13. The van der Waals surface area contributed by atoms with E-state index in [1.165, 1.54) is 12.1 Å². The Morgan fingerprint density at radius 3 is 2.52 bits per heavy atom. The first-order chi connectivity index (χ1) is 14.5. The van der Waals surface area contributed by atoms with Gasteiger partial charge in [0.05, 0.1) is 18.4 Å². The van der Waals surface area contributed by atoms with E-state index >= 15 is 0 Å². The monoisotopic (exact) mass is 454 g/mol. The van der Waals surface area contributed by atoms with Crippen LogP contribution in [0.1, 0.15) is 23.1 Å². The van der Waals surface area contributed by atoms with Crippen molar-refractivity contribution in [3.8, 4) is 5.75 Å². The van der Waals surface area contributed by atoms with Crippen molar-refractivity contribution in [1.82, 2.24) is 5.32 Å². The van der Waals surface area contributed by atoms with Gasteiger partial charge in [-0.2, -0.15) is 13.2 Å². The maximum Gasteiger partial charge on any atom is 0.416 e. The highest BCUT2D eigenvalue weighted by molar-refractivity contribution is 7.92. The number of carbonyl (C=O) groups is 1. The topological polar surface area (TPSA) is 84.5 Å². The molecule has 31 heavy (non-hydrogen) atoms. The number of hydrogen-bond donors (Lipinski definition) is 2. The maximum absolute atomic E-state index is 12.9. The summed E-state index contributed by atoms with van der Waals surface area (Å²) >= 11 is 0. The minimum Gasteiger partial charge on any atom is -0.493 e. The van der Waals surface area contributed by atoms with Crippen LogP contribution in [0.2, 0.25) is 0 Å². The highest BCUT2D eigenvalue weighted by Gasteiger charge is 2.32. The van der Waals surface area contributed by atoms with Crippen molar-refractivity contribution in [2.45, 2.75) is 19.0 Å². The Labute approximate surface area is 178 Å². The quantitative estimate of drug-likeness (QED) is 0.654. The molecule has 0 fully saturated rings. The largest absolute Gasteiger partial charge is 0.493 e. The van der Waals surface area contributed by atoms with Gasteiger partial charge in [0, 0.05) is 30.3 Å². The number of sulfonamides is 1. The molecular weight excluding hydrogens is 433 g/mol. The fraction of sp³-hybridized carbons (Fsp3) is 0.286. The molecule has 2 aromatic rings. The molecule has 166 valence electrons. The molecule has 1 heterocycles. The molecule has 0 spiro atoms. The smallest absolute Gasteiger partial charge is 0.416 e. The number of hydrogen-bond acceptors (Lipinski definition) is 4. The van der Waals surface area contributed by atoms with Gasteiger partial charge in [0.25, 0.3) is 0 Å². The molecule has 0 bridgehead atoms. The maximum atomic E-state index is 12.9. The lowest BCUT2D eigenvalue weighted by Crippen LogP contribution is -2.24. The van der Waals surface area contributed by atoms with Crippen LogP contribution in [0.4, 0.5) is 18.9 Å². The first kappa shape index (κ1) is 22.7. The van der Waals surface area contributed by atoms with Crippen LogP contribution in [0.15, 0.2) is 48.5 Å². The highest BCUT2D eigenvalue weighted by atomic mass is 32.2. The van der Waals surface area contributed by atoms with E-state index in [1.807, 2.05) is 0 Å². The summed E-state index contributed by atoms with van der Waals surface area (Å²) in [7, 11) is -3.34. The molecule has 0 aliphatic carbocycles. The SMILES string of the molecule is CS(=O)(=O)Nc1ccc(CCNC(=O)/C=C2\CCOc3cc(C(F)(F)F)ccc32)cc1. The Balaban J connectivity index is 1.59. The van der Waals surface area contributed by atoms with Crippen molar-refractivity contribution >= 4 is 27.2 Å². The molecule has 1 aliphatic rings. The van der Waals surface area contributed by atoms with Crippen molar-refractivity contribution in [3.63, 3.8) is 0 Å². The summed E-state index contributed by atoms with van der Waals surface area (Å²) in [6.07, 6.45) is -1.07.